The van der Waals surface area contributed by atoms with Crippen LogP contribution in [0.5, 0.6) is 0 Å². The molecule has 0 aromatic carbocycles. The molecule has 0 amide bonds. The fraction of sp³-hybridized carbons (Fsp3) is 1.00. The highest BCUT2D eigenvalue weighted by Crippen LogP contribution is 2.62. The second-order valence-electron chi connectivity index (χ2n) is 7.19. The molecular weight excluding hydrogens is 192 g/mol. The van der Waals surface area contributed by atoms with Crippen LogP contribution in [0, 0.1) is 41.4 Å². The molecule has 0 radical (unpaired) electrons. The van der Waals surface area contributed by atoms with Crippen LogP contribution in [0.3, 0.4) is 0 Å². The molecule has 0 heterocycles. The molecule has 0 spiro atoms. The lowest BCUT2D eigenvalue weighted by molar-refractivity contribution is 0.0689. The van der Waals surface area contributed by atoms with Gasteiger partial charge >= 0.3 is 0 Å². The summed E-state index contributed by atoms with van der Waals surface area (Å²) in [7, 11) is 0. The van der Waals surface area contributed by atoms with Crippen molar-refractivity contribution in [2.75, 3.05) is 0 Å². The Labute approximate surface area is 101 Å². The Morgan fingerprint density at radius 1 is 1.00 bits per heavy atom. The third kappa shape index (κ3) is 1.56. The van der Waals surface area contributed by atoms with Crippen molar-refractivity contribution in [1.29, 1.82) is 0 Å². The highest BCUT2D eigenvalue weighted by molar-refractivity contribution is 5.03. The third-order valence-electron chi connectivity index (χ3n) is 6.45. The topological polar surface area (TPSA) is 0 Å². The van der Waals surface area contributed by atoms with Gasteiger partial charge in [0, 0.05) is 0 Å². The summed E-state index contributed by atoms with van der Waals surface area (Å²) >= 11 is 0. The van der Waals surface area contributed by atoms with Gasteiger partial charge in [-0.05, 0) is 67.1 Å². The van der Waals surface area contributed by atoms with Gasteiger partial charge in [0.05, 0.1) is 0 Å². The Kier molecular flexibility index (Phi) is 2.80. The molecule has 3 rings (SSSR count). The molecule has 7 unspecified atom stereocenters. The van der Waals surface area contributed by atoms with Crippen LogP contribution in [-0.2, 0) is 0 Å². The van der Waals surface area contributed by atoms with Crippen molar-refractivity contribution < 1.29 is 0 Å². The average Bonchev–Trinajstić information content (AvgIpc) is 2.85. The second-order valence-corrected chi connectivity index (χ2v) is 7.19. The highest BCUT2D eigenvalue weighted by atomic mass is 14.6. The molecule has 0 N–H and O–H groups in total. The van der Waals surface area contributed by atoms with Gasteiger partial charge in [-0.3, -0.25) is 0 Å². The molecule has 7 atom stereocenters. The lowest BCUT2D eigenvalue weighted by atomic mass is 9.63. The molecule has 16 heavy (non-hydrogen) atoms. The Bertz CT molecular complexity index is 257. The first-order valence-electron chi connectivity index (χ1n) is 7.70. The lowest BCUT2D eigenvalue weighted by Crippen LogP contribution is -2.34. The highest BCUT2D eigenvalue weighted by Gasteiger charge is 2.53. The van der Waals surface area contributed by atoms with Crippen LogP contribution in [0.15, 0.2) is 0 Å². The van der Waals surface area contributed by atoms with E-state index in [1.54, 1.807) is 25.7 Å². The van der Waals surface area contributed by atoms with Crippen molar-refractivity contribution in [3.8, 4) is 0 Å². The molecule has 0 heteroatoms. The molecule has 0 aromatic heterocycles. The van der Waals surface area contributed by atoms with Crippen LogP contribution in [0.2, 0.25) is 0 Å². The minimum Gasteiger partial charge on any atom is -0.0651 e. The maximum atomic E-state index is 2.51. The second kappa shape index (κ2) is 4.03. The van der Waals surface area contributed by atoms with E-state index in [9.17, 15) is 0 Å². The van der Waals surface area contributed by atoms with E-state index in [0.717, 1.165) is 41.4 Å². The summed E-state index contributed by atoms with van der Waals surface area (Å²) in [6.07, 6.45) is 9.27. The molecule has 0 aliphatic heterocycles. The van der Waals surface area contributed by atoms with Crippen molar-refractivity contribution in [3.63, 3.8) is 0 Å². The minimum atomic E-state index is 0.996. The summed E-state index contributed by atoms with van der Waals surface area (Å²) in [5.41, 5.74) is 0. The maximum Gasteiger partial charge on any atom is -0.0349 e. The van der Waals surface area contributed by atoms with E-state index < -0.39 is 0 Å². The van der Waals surface area contributed by atoms with Gasteiger partial charge in [-0.1, -0.05) is 33.6 Å². The SMILES string of the molecule is CCC(C)C1CC2CC1C1CCC(C)CC21. The van der Waals surface area contributed by atoms with Crippen LogP contribution in [-0.4, -0.2) is 0 Å². The molecule has 3 aliphatic rings. The van der Waals surface area contributed by atoms with Crippen LogP contribution in [0.4, 0.5) is 0 Å². The minimum absolute atomic E-state index is 0.996. The molecule has 0 saturated heterocycles. The smallest absolute Gasteiger partial charge is 0.0349 e. The third-order valence-corrected chi connectivity index (χ3v) is 6.45. The molecule has 92 valence electrons. The van der Waals surface area contributed by atoms with Gasteiger partial charge in [0.15, 0.2) is 0 Å². The molecule has 0 aromatic rings. The standard InChI is InChI=1S/C16H28/c1-4-11(3)14-8-12-9-16(14)13-6-5-10(2)7-15(12)13/h10-16H,4-9H2,1-3H3. The summed E-state index contributed by atoms with van der Waals surface area (Å²) in [6.45, 7) is 7.37. The molecule has 2 bridgehead atoms. The monoisotopic (exact) mass is 220 g/mol. The molecule has 0 nitrogen and oxygen atoms in total. The summed E-state index contributed by atoms with van der Waals surface area (Å²) in [5, 5.41) is 0. The van der Waals surface area contributed by atoms with Crippen LogP contribution in [0.1, 0.15) is 59.3 Å². The predicted octanol–water partition coefficient (Wildman–Crippen LogP) is 4.74. The van der Waals surface area contributed by atoms with Gasteiger partial charge in [-0.25, -0.2) is 0 Å². The van der Waals surface area contributed by atoms with Crippen molar-refractivity contribution in [2.24, 2.45) is 41.4 Å². The fourth-order valence-electron chi connectivity index (χ4n) is 5.47. The Hall–Kier alpha value is 0. The van der Waals surface area contributed by atoms with E-state index >= 15 is 0 Å². The molecular formula is C16H28. The molecule has 3 saturated carbocycles. The Balaban J connectivity index is 1.73. The summed E-state index contributed by atoms with van der Waals surface area (Å²) < 4.78 is 0. The van der Waals surface area contributed by atoms with E-state index in [4.69, 9.17) is 0 Å². The average molecular weight is 220 g/mol. The van der Waals surface area contributed by atoms with Crippen LogP contribution in [0.25, 0.3) is 0 Å². The van der Waals surface area contributed by atoms with Crippen molar-refractivity contribution >= 4 is 0 Å². The van der Waals surface area contributed by atoms with E-state index in [1.165, 1.54) is 12.8 Å². The van der Waals surface area contributed by atoms with Crippen LogP contribution < -0.4 is 0 Å². The van der Waals surface area contributed by atoms with Gasteiger partial charge in [-0.15, -0.1) is 0 Å². The fourth-order valence-corrected chi connectivity index (χ4v) is 5.47. The van der Waals surface area contributed by atoms with E-state index in [0.29, 0.717) is 0 Å². The number of rotatable bonds is 2. The summed E-state index contributed by atoms with van der Waals surface area (Å²) in [4.78, 5) is 0. The largest absolute Gasteiger partial charge is 0.0651 e. The molecule has 3 fully saturated rings. The number of hydrogen-bond donors (Lipinski definition) is 0. The van der Waals surface area contributed by atoms with Gasteiger partial charge < -0.3 is 0 Å². The van der Waals surface area contributed by atoms with Gasteiger partial charge in [-0.2, -0.15) is 0 Å². The first-order valence-corrected chi connectivity index (χ1v) is 7.70. The van der Waals surface area contributed by atoms with Crippen molar-refractivity contribution in [3.05, 3.63) is 0 Å². The normalized spacial score (nSPS) is 52.7. The maximum absolute atomic E-state index is 2.51. The lowest BCUT2D eigenvalue weighted by Gasteiger charge is -2.42. The van der Waals surface area contributed by atoms with Crippen molar-refractivity contribution in [1.82, 2.24) is 0 Å². The first kappa shape index (κ1) is 11.1. The Morgan fingerprint density at radius 2 is 1.81 bits per heavy atom. The molecule has 3 aliphatic carbocycles. The summed E-state index contributed by atoms with van der Waals surface area (Å²) in [5.74, 6) is 7.69. The quantitative estimate of drug-likeness (QED) is 0.630. The zero-order valence-corrected chi connectivity index (χ0v) is 11.3. The first-order chi connectivity index (χ1) is 7.70. The predicted molar refractivity (Wildman–Crippen MR) is 69.2 cm³/mol. The van der Waals surface area contributed by atoms with E-state index in [1.807, 2.05) is 0 Å². The van der Waals surface area contributed by atoms with Gasteiger partial charge in [0.25, 0.3) is 0 Å². The van der Waals surface area contributed by atoms with Gasteiger partial charge in [0.1, 0.15) is 0 Å². The van der Waals surface area contributed by atoms with E-state index in [2.05, 4.69) is 20.8 Å². The number of fused-ring (bicyclic) bond motifs is 5. The zero-order chi connectivity index (χ0) is 11.3. The summed E-state index contributed by atoms with van der Waals surface area (Å²) in [6, 6.07) is 0. The Morgan fingerprint density at radius 3 is 2.56 bits per heavy atom. The zero-order valence-electron chi connectivity index (χ0n) is 11.3. The number of hydrogen-bond acceptors (Lipinski definition) is 0. The van der Waals surface area contributed by atoms with Crippen molar-refractivity contribution in [2.45, 2.75) is 59.3 Å². The van der Waals surface area contributed by atoms with E-state index in [-0.39, 0.29) is 0 Å². The van der Waals surface area contributed by atoms with Crippen LogP contribution >= 0.6 is 0 Å². The van der Waals surface area contributed by atoms with Gasteiger partial charge in [0.2, 0.25) is 0 Å².